The minimum absolute atomic E-state index is 0.272. The molecule has 38 heavy (non-hydrogen) atoms. The maximum absolute atomic E-state index is 12.4. The van der Waals surface area contributed by atoms with Crippen molar-refractivity contribution in [2.75, 3.05) is 23.3 Å². The van der Waals surface area contributed by atoms with E-state index in [2.05, 4.69) is 58.2 Å². The van der Waals surface area contributed by atoms with E-state index >= 15 is 0 Å². The third kappa shape index (κ3) is 7.55. The van der Waals surface area contributed by atoms with Gasteiger partial charge in [0.25, 0.3) is 0 Å². The fraction of sp³-hybridized carbons (Fsp3) is 0.667. The number of hydrogen-bond donors (Lipinski definition) is 3. The van der Waals surface area contributed by atoms with Crippen LogP contribution in [0.2, 0.25) is 21.6 Å². The molecule has 1 heterocycles. The predicted octanol–water partition coefficient (Wildman–Crippen LogP) is 6.97. The predicted molar refractivity (Wildman–Crippen MR) is 154 cm³/mol. The normalized spacial score (nSPS) is 18.5. The van der Waals surface area contributed by atoms with E-state index in [9.17, 15) is 20.0 Å². The van der Waals surface area contributed by atoms with Crippen LogP contribution in [-0.2, 0) is 9.16 Å². The molecule has 0 spiro atoms. The van der Waals surface area contributed by atoms with Crippen LogP contribution in [0.3, 0.4) is 0 Å². The van der Waals surface area contributed by atoms with Crippen LogP contribution < -0.4 is 15.5 Å². The summed E-state index contributed by atoms with van der Waals surface area (Å²) in [6.07, 6.45) is -1.68. The molecule has 9 nitrogen and oxygen atoms in total. The number of carbonyl (C=O) groups excluding carboxylic acids is 1. The second-order valence-electron chi connectivity index (χ2n) is 11.9. The SMILES string of the molecule is CC(C)[Si](O[C@H]1CN(c2cc(C#N)cc(NC(=O)OC(C)(C)C)c2Cl)CC[C@H]1NC(=O)O)(C(C)C)C(C)C. The van der Waals surface area contributed by atoms with Crippen LogP contribution in [-0.4, -0.2) is 56.4 Å². The van der Waals surface area contributed by atoms with Crippen molar-refractivity contribution in [1.82, 2.24) is 5.32 Å². The van der Waals surface area contributed by atoms with E-state index in [4.69, 9.17) is 20.8 Å². The molecule has 1 aliphatic heterocycles. The number of anilines is 2. The van der Waals surface area contributed by atoms with E-state index in [0.29, 0.717) is 47.4 Å². The lowest BCUT2D eigenvalue weighted by Crippen LogP contribution is -2.61. The Morgan fingerprint density at radius 2 is 1.74 bits per heavy atom. The number of amides is 2. The highest BCUT2D eigenvalue weighted by molar-refractivity contribution is 6.77. The van der Waals surface area contributed by atoms with Crippen molar-refractivity contribution < 1.29 is 23.9 Å². The van der Waals surface area contributed by atoms with Gasteiger partial charge in [-0.1, -0.05) is 53.1 Å². The molecule has 0 radical (unpaired) electrons. The molecule has 0 aliphatic carbocycles. The Bertz CT molecular complexity index is 1030. The van der Waals surface area contributed by atoms with Crippen molar-refractivity contribution in [3.63, 3.8) is 0 Å². The third-order valence-corrected chi connectivity index (χ3v) is 13.6. The van der Waals surface area contributed by atoms with Crippen molar-refractivity contribution in [3.8, 4) is 6.07 Å². The Balaban J connectivity index is 2.48. The number of carbonyl (C=O) groups is 2. The van der Waals surface area contributed by atoms with Crippen LogP contribution in [0.5, 0.6) is 0 Å². The number of carboxylic acid groups (broad SMARTS) is 1. The van der Waals surface area contributed by atoms with Gasteiger partial charge in [-0.15, -0.1) is 0 Å². The zero-order valence-corrected chi connectivity index (χ0v) is 25.8. The largest absolute Gasteiger partial charge is 0.465 e. The van der Waals surface area contributed by atoms with Gasteiger partial charge in [-0.25, -0.2) is 9.59 Å². The smallest absolute Gasteiger partial charge is 0.412 e. The molecule has 2 rings (SSSR count). The number of ether oxygens (including phenoxy) is 1. The van der Waals surface area contributed by atoms with Crippen molar-refractivity contribution in [3.05, 3.63) is 22.7 Å². The van der Waals surface area contributed by atoms with E-state index in [1.807, 2.05) is 4.90 Å². The van der Waals surface area contributed by atoms with Crippen LogP contribution >= 0.6 is 11.6 Å². The Morgan fingerprint density at radius 3 is 2.21 bits per heavy atom. The molecule has 1 fully saturated rings. The van der Waals surface area contributed by atoms with Crippen LogP contribution in [0, 0.1) is 11.3 Å². The quantitative estimate of drug-likeness (QED) is 0.290. The van der Waals surface area contributed by atoms with Gasteiger partial charge in [0, 0.05) is 13.1 Å². The van der Waals surface area contributed by atoms with Gasteiger partial charge in [-0.05, 0) is 55.9 Å². The molecule has 1 saturated heterocycles. The Labute approximate surface area is 232 Å². The Hall–Kier alpha value is -2.48. The van der Waals surface area contributed by atoms with Gasteiger partial charge in [-0.2, -0.15) is 5.26 Å². The summed E-state index contributed by atoms with van der Waals surface area (Å²) in [5, 5.41) is 24.8. The number of piperidine rings is 1. The summed E-state index contributed by atoms with van der Waals surface area (Å²) in [6.45, 7) is 19.3. The average Bonchev–Trinajstić information content (AvgIpc) is 2.77. The van der Waals surface area contributed by atoms with Crippen LogP contribution in [0.15, 0.2) is 12.1 Å². The lowest BCUT2D eigenvalue weighted by Gasteiger charge is -2.49. The van der Waals surface area contributed by atoms with Gasteiger partial charge in [-0.3, -0.25) is 5.32 Å². The summed E-state index contributed by atoms with van der Waals surface area (Å²) in [4.78, 5) is 26.1. The van der Waals surface area contributed by atoms with Gasteiger partial charge in [0.2, 0.25) is 8.32 Å². The van der Waals surface area contributed by atoms with Crippen molar-refractivity contribution in [2.45, 2.75) is 103 Å². The molecule has 1 aliphatic rings. The maximum Gasteiger partial charge on any atom is 0.412 e. The van der Waals surface area contributed by atoms with Gasteiger partial charge < -0.3 is 24.5 Å². The highest BCUT2D eigenvalue weighted by Gasteiger charge is 2.48. The highest BCUT2D eigenvalue weighted by atomic mass is 35.5. The van der Waals surface area contributed by atoms with Gasteiger partial charge in [0.05, 0.1) is 40.2 Å². The maximum atomic E-state index is 12.4. The van der Waals surface area contributed by atoms with Gasteiger partial charge in [0.15, 0.2) is 0 Å². The van der Waals surface area contributed by atoms with E-state index in [1.54, 1.807) is 26.8 Å². The zero-order chi connectivity index (χ0) is 29.0. The van der Waals surface area contributed by atoms with E-state index in [-0.39, 0.29) is 16.8 Å². The Morgan fingerprint density at radius 1 is 1.16 bits per heavy atom. The zero-order valence-electron chi connectivity index (χ0n) is 24.0. The van der Waals surface area contributed by atoms with Crippen molar-refractivity contribution in [1.29, 1.82) is 5.26 Å². The standard InChI is InChI=1S/C27H43ClN4O5Si/c1-16(2)38(17(3)4,18(5)6)37-23-15-32(11-10-20(23)30-25(33)34)22-13-19(14-29)12-21(24(22)28)31-26(35)36-27(7,8)9/h12-13,16-18,20,23,30H,10-11,15H2,1-9H3,(H,31,35)(H,33,34)/t20-,23+/m1/s1. The summed E-state index contributed by atoms with van der Waals surface area (Å²) in [5.41, 5.74) is 1.43. The molecule has 11 heteroatoms. The molecular weight excluding hydrogens is 524 g/mol. The molecule has 1 aromatic carbocycles. The number of nitrogens with zero attached hydrogens (tertiary/aromatic N) is 2. The fourth-order valence-corrected chi connectivity index (χ4v) is 11.5. The highest BCUT2D eigenvalue weighted by Crippen LogP contribution is 2.44. The molecule has 0 bridgehead atoms. The van der Waals surface area contributed by atoms with Crippen LogP contribution in [0.25, 0.3) is 0 Å². The summed E-state index contributed by atoms with van der Waals surface area (Å²) < 4.78 is 12.4. The Kier molecular flexibility index (Phi) is 10.5. The first kappa shape index (κ1) is 31.7. The van der Waals surface area contributed by atoms with Crippen LogP contribution in [0.1, 0.15) is 74.3 Å². The first-order chi connectivity index (χ1) is 17.5. The lowest BCUT2D eigenvalue weighted by atomic mass is 10.0. The number of benzene rings is 1. The first-order valence-electron chi connectivity index (χ1n) is 13.2. The number of rotatable bonds is 8. The lowest BCUT2D eigenvalue weighted by molar-refractivity contribution is 0.0636. The molecular formula is C27H43ClN4O5Si. The number of halogens is 1. The topological polar surface area (TPSA) is 124 Å². The average molecular weight is 567 g/mol. The third-order valence-electron chi connectivity index (χ3n) is 7.09. The second kappa shape index (κ2) is 12.6. The minimum Gasteiger partial charge on any atom is -0.465 e. The van der Waals surface area contributed by atoms with Gasteiger partial charge >= 0.3 is 12.2 Å². The number of nitriles is 1. The van der Waals surface area contributed by atoms with Crippen LogP contribution in [0.4, 0.5) is 21.0 Å². The number of hydrogen-bond acceptors (Lipinski definition) is 6. The second-order valence-corrected chi connectivity index (χ2v) is 17.6. The molecule has 2 amide bonds. The summed E-state index contributed by atoms with van der Waals surface area (Å²) in [7, 11) is -2.34. The summed E-state index contributed by atoms with van der Waals surface area (Å²) in [5.74, 6) is 0. The van der Waals surface area contributed by atoms with E-state index in [1.165, 1.54) is 6.07 Å². The van der Waals surface area contributed by atoms with Gasteiger partial charge in [0.1, 0.15) is 5.60 Å². The van der Waals surface area contributed by atoms with Crippen molar-refractivity contribution in [2.24, 2.45) is 0 Å². The van der Waals surface area contributed by atoms with E-state index in [0.717, 1.165) is 0 Å². The summed E-state index contributed by atoms with van der Waals surface area (Å²) in [6, 6.07) is 4.94. The van der Waals surface area contributed by atoms with E-state index < -0.39 is 32.2 Å². The summed E-state index contributed by atoms with van der Waals surface area (Å²) >= 11 is 6.78. The molecule has 0 aromatic heterocycles. The molecule has 1 aromatic rings. The molecule has 2 atom stereocenters. The minimum atomic E-state index is -2.34. The molecule has 212 valence electrons. The number of nitrogens with one attached hydrogen (secondary N) is 2. The molecule has 0 saturated carbocycles. The molecule has 3 N–H and O–H groups in total. The fourth-order valence-electron chi connectivity index (χ4n) is 5.66. The monoisotopic (exact) mass is 566 g/mol. The first-order valence-corrected chi connectivity index (χ1v) is 15.7. The molecule has 0 unspecified atom stereocenters. The van der Waals surface area contributed by atoms with Crippen molar-refractivity contribution >= 4 is 43.5 Å².